The monoisotopic (exact) mass is 441 g/mol. The first-order valence-corrected chi connectivity index (χ1v) is 13.2. The summed E-state index contributed by atoms with van der Waals surface area (Å²) in [6.45, 7) is 28.8. The van der Waals surface area contributed by atoms with Gasteiger partial charge in [0.1, 0.15) is 5.82 Å². The highest BCUT2D eigenvalue weighted by molar-refractivity contribution is 5.39. The summed E-state index contributed by atoms with van der Waals surface area (Å²) in [6.07, 6.45) is 6.73. The van der Waals surface area contributed by atoms with Crippen LogP contribution >= 0.6 is 0 Å². The lowest BCUT2D eigenvalue weighted by atomic mass is 10.1. The molecule has 0 aliphatic carbocycles. The standard InChI is InChI=1S/C17H29N3O.5C2H6/c1-3-4-9-19-10-12-20(13-11-19)17-8-7-16(15-18-17)6-5-14-21-2;5*1-2/h7-8,15H,3-6,9-14H2,1-2H3;5*1-2H3. The number of methoxy groups -OCH3 is 1. The van der Waals surface area contributed by atoms with Gasteiger partial charge in [-0.25, -0.2) is 4.98 Å². The van der Waals surface area contributed by atoms with Crippen LogP contribution in [-0.2, 0) is 11.2 Å². The van der Waals surface area contributed by atoms with E-state index in [0.717, 1.165) is 51.4 Å². The van der Waals surface area contributed by atoms with Gasteiger partial charge in [-0.3, -0.25) is 4.90 Å². The maximum absolute atomic E-state index is 5.09. The number of hydrogen-bond donors (Lipinski definition) is 0. The predicted octanol–water partition coefficient (Wildman–Crippen LogP) is 7.71. The molecule has 31 heavy (non-hydrogen) atoms. The number of aryl methyl sites for hydroxylation is 1. The van der Waals surface area contributed by atoms with Crippen molar-refractivity contribution in [1.29, 1.82) is 0 Å². The van der Waals surface area contributed by atoms with Crippen molar-refractivity contribution in [2.45, 2.75) is 102 Å². The van der Waals surface area contributed by atoms with Crippen LogP contribution in [0.3, 0.4) is 0 Å². The normalized spacial score (nSPS) is 12.1. The molecule has 1 fully saturated rings. The van der Waals surface area contributed by atoms with E-state index in [2.05, 4.69) is 33.8 Å². The first-order chi connectivity index (χ1) is 15.3. The molecule has 0 unspecified atom stereocenters. The Kier molecular flexibility index (Phi) is 40.2. The van der Waals surface area contributed by atoms with Crippen molar-refractivity contribution in [3.05, 3.63) is 23.9 Å². The lowest BCUT2D eigenvalue weighted by Gasteiger charge is -2.35. The highest BCUT2D eigenvalue weighted by atomic mass is 16.5. The third kappa shape index (κ3) is 20.5. The molecular formula is C27H59N3O. The second-order valence-electron chi connectivity index (χ2n) is 5.80. The van der Waals surface area contributed by atoms with E-state index in [1.165, 1.54) is 24.9 Å². The number of unbranched alkanes of at least 4 members (excludes halogenated alkanes) is 1. The van der Waals surface area contributed by atoms with Crippen LogP contribution in [0.1, 0.15) is 101 Å². The summed E-state index contributed by atoms with van der Waals surface area (Å²) in [6, 6.07) is 4.38. The summed E-state index contributed by atoms with van der Waals surface area (Å²) in [5, 5.41) is 0. The molecule has 4 nitrogen and oxygen atoms in total. The molecule has 0 aromatic carbocycles. The minimum Gasteiger partial charge on any atom is -0.385 e. The van der Waals surface area contributed by atoms with E-state index in [-0.39, 0.29) is 0 Å². The average Bonchev–Trinajstić information content (AvgIpc) is 2.90. The number of ether oxygens (including phenoxy) is 1. The fourth-order valence-corrected chi connectivity index (χ4v) is 2.75. The molecule has 0 saturated carbocycles. The Balaban J connectivity index is -0.000000320. The fraction of sp³-hybridized carbons (Fsp3) is 0.815. The van der Waals surface area contributed by atoms with Gasteiger partial charge in [-0.1, -0.05) is 88.6 Å². The van der Waals surface area contributed by atoms with Gasteiger partial charge < -0.3 is 9.64 Å². The summed E-state index contributed by atoms with van der Waals surface area (Å²) in [4.78, 5) is 9.61. The number of piperazine rings is 1. The van der Waals surface area contributed by atoms with Crippen LogP contribution in [0, 0.1) is 0 Å². The van der Waals surface area contributed by atoms with Gasteiger partial charge in [0.25, 0.3) is 0 Å². The summed E-state index contributed by atoms with van der Waals surface area (Å²) >= 11 is 0. The molecule has 0 bridgehead atoms. The molecule has 1 aromatic heterocycles. The molecule has 1 saturated heterocycles. The zero-order valence-corrected chi connectivity index (χ0v) is 23.6. The first-order valence-electron chi connectivity index (χ1n) is 13.2. The molecule has 0 N–H and O–H groups in total. The maximum atomic E-state index is 5.09. The van der Waals surface area contributed by atoms with Gasteiger partial charge in [0.05, 0.1) is 0 Å². The van der Waals surface area contributed by atoms with Crippen LogP contribution < -0.4 is 4.90 Å². The van der Waals surface area contributed by atoms with Crippen molar-refractivity contribution in [1.82, 2.24) is 9.88 Å². The third-order valence-corrected chi connectivity index (χ3v) is 4.15. The van der Waals surface area contributed by atoms with Gasteiger partial charge in [-0.05, 0) is 37.4 Å². The molecule has 0 amide bonds. The Hall–Kier alpha value is -1.13. The molecule has 0 radical (unpaired) electrons. The van der Waals surface area contributed by atoms with Gasteiger partial charge in [0.2, 0.25) is 0 Å². The smallest absolute Gasteiger partial charge is 0.128 e. The molecular weight excluding hydrogens is 382 g/mol. The minimum absolute atomic E-state index is 0.821. The molecule has 0 spiro atoms. The molecule has 1 aromatic rings. The Morgan fingerprint density at radius 3 is 1.77 bits per heavy atom. The summed E-state index contributed by atoms with van der Waals surface area (Å²) in [5.41, 5.74) is 1.30. The van der Waals surface area contributed by atoms with Crippen molar-refractivity contribution < 1.29 is 4.74 Å². The van der Waals surface area contributed by atoms with Crippen molar-refractivity contribution in [3.63, 3.8) is 0 Å². The summed E-state index contributed by atoms with van der Waals surface area (Å²) in [5.74, 6) is 1.13. The highest BCUT2D eigenvalue weighted by Gasteiger charge is 2.17. The van der Waals surface area contributed by atoms with E-state index in [9.17, 15) is 0 Å². The number of anilines is 1. The second-order valence-corrected chi connectivity index (χ2v) is 5.80. The first kappa shape index (κ1) is 37.2. The summed E-state index contributed by atoms with van der Waals surface area (Å²) in [7, 11) is 1.75. The molecule has 2 heterocycles. The fourth-order valence-electron chi connectivity index (χ4n) is 2.75. The molecule has 188 valence electrons. The largest absolute Gasteiger partial charge is 0.385 e. The summed E-state index contributed by atoms with van der Waals surface area (Å²) < 4.78 is 5.09. The molecule has 4 heteroatoms. The lowest BCUT2D eigenvalue weighted by Crippen LogP contribution is -2.46. The van der Waals surface area contributed by atoms with Gasteiger partial charge in [-0.15, -0.1) is 0 Å². The van der Waals surface area contributed by atoms with E-state index in [1.807, 2.05) is 75.4 Å². The third-order valence-electron chi connectivity index (χ3n) is 4.15. The highest BCUT2D eigenvalue weighted by Crippen LogP contribution is 2.15. The average molecular weight is 442 g/mol. The number of aromatic nitrogens is 1. The van der Waals surface area contributed by atoms with Crippen LogP contribution in [0.25, 0.3) is 0 Å². The Morgan fingerprint density at radius 1 is 0.806 bits per heavy atom. The van der Waals surface area contributed by atoms with Crippen LogP contribution in [0.4, 0.5) is 5.82 Å². The van der Waals surface area contributed by atoms with E-state index in [0.29, 0.717) is 0 Å². The van der Waals surface area contributed by atoms with Gasteiger partial charge in [-0.2, -0.15) is 0 Å². The van der Waals surface area contributed by atoms with Gasteiger partial charge in [0, 0.05) is 46.1 Å². The molecule has 2 rings (SSSR count). The zero-order valence-electron chi connectivity index (χ0n) is 23.6. The lowest BCUT2D eigenvalue weighted by molar-refractivity contribution is 0.195. The number of nitrogens with zero attached hydrogens (tertiary/aromatic N) is 3. The number of hydrogen-bond acceptors (Lipinski definition) is 4. The van der Waals surface area contributed by atoms with Crippen molar-refractivity contribution >= 4 is 5.82 Å². The van der Waals surface area contributed by atoms with Crippen LogP contribution in [0.15, 0.2) is 18.3 Å². The topological polar surface area (TPSA) is 28.6 Å². The Bertz CT molecular complexity index is 388. The van der Waals surface area contributed by atoms with Crippen molar-refractivity contribution in [2.24, 2.45) is 0 Å². The number of rotatable bonds is 8. The molecule has 1 aliphatic heterocycles. The second kappa shape index (κ2) is 33.5. The van der Waals surface area contributed by atoms with Crippen LogP contribution in [0.5, 0.6) is 0 Å². The molecule has 0 atom stereocenters. The zero-order chi connectivity index (χ0) is 24.9. The van der Waals surface area contributed by atoms with Crippen molar-refractivity contribution in [2.75, 3.05) is 51.3 Å². The van der Waals surface area contributed by atoms with E-state index in [4.69, 9.17) is 4.74 Å². The van der Waals surface area contributed by atoms with E-state index < -0.39 is 0 Å². The quantitative estimate of drug-likeness (QED) is 0.386. The van der Waals surface area contributed by atoms with Crippen LogP contribution in [0.2, 0.25) is 0 Å². The van der Waals surface area contributed by atoms with Crippen LogP contribution in [-0.4, -0.2) is 56.3 Å². The predicted molar refractivity (Wildman–Crippen MR) is 145 cm³/mol. The maximum Gasteiger partial charge on any atom is 0.128 e. The van der Waals surface area contributed by atoms with E-state index >= 15 is 0 Å². The van der Waals surface area contributed by atoms with Gasteiger partial charge >= 0.3 is 0 Å². The minimum atomic E-state index is 0.821. The SMILES string of the molecule is CC.CC.CC.CC.CC.CCCCN1CCN(c2ccc(CCCOC)cn2)CC1. The Labute approximate surface area is 197 Å². The van der Waals surface area contributed by atoms with Crippen molar-refractivity contribution in [3.8, 4) is 0 Å². The van der Waals surface area contributed by atoms with Gasteiger partial charge in [0.15, 0.2) is 0 Å². The van der Waals surface area contributed by atoms with E-state index in [1.54, 1.807) is 7.11 Å². The Morgan fingerprint density at radius 2 is 1.35 bits per heavy atom. The molecule has 1 aliphatic rings. The number of pyridine rings is 1.